The second-order valence-electron chi connectivity index (χ2n) is 4.15. The maximum Gasteiger partial charge on any atom is 0.278 e. The number of nitrogens with one attached hydrogen (secondary N) is 1. The fraction of sp³-hybridized carbons (Fsp3) is 0.0714. The Labute approximate surface area is 120 Å². The number of nitro benzene ring substituents is 1. The van der Waals surface area contributed by atoms with Crippen molar-refractivity contribution in [2.45, 2.75) is 6.92 Å². The van der Waals surface area contributed by atoms with Crippen LogP contribution in [0.2, 0.25) is 0 Å². The van der Waals surface area contributed by atoms with Crippen molar-refractivity contribution in [3.05, 3.63) is 70.0 Å². The normalized spacial score (nSPS) is 11.0. The van der Waals surface area contributed by atoms with E-state index in [4.69, 9.17) is 0 Å². The summed E-state index contributed by atoms with van der Waals surface area (Å²) in [6.07, 6.45) is 2.99. The summed E-state index contributed by atoms with van der Waals surface area (Å²) in [5, 5.41) is 14.8. The summed E-state index contributed by atoms with van der Waals surface area (Å²) in [6, 6.07) is 9.31. The lowest BCUT2D eigenvalue weighted by molar-refractivity contribution is -0.385. The minimum absolute atomic E-state index is 0.0584. The highest BCUT2D eigenvalue weighted by Gasteiger charge is 2.15. The number of pyridine rings is 1. The van der Waals surface area contributed by atoms with Crippen molar-refractivity contribution in [2.75, 3.05) is 0 Å². The Morgan fingerprint density at radius 1 is 1.24 bits per heavy atom. The first-order valence-corrected chi connectivity index (χ1v) is 6.08. The fourth-order valence-corrected chi connectivity index (χ4v) is 1.70. The number of para-hydroxylation sites is 1. The first-order valence-electron chi connectivity index (χ1n) is 6.08. The number of nitro groups is 1. The molecule has 0 saturated carbocycles. The highest BCUT2D eigenvalue weighted by atomic mass is 16.6. The van der Waals surface area contributed by atoms with Gasteiger partial charge in [-0.3, -0.25) is 19.9 Å². The van der Waals surface area contributed by atoms with Gasteiger partial charge in [-0.05, 0) is 25.1 Å². The average molecular weight is 284 g/mol. The topological polar surface area (TPSA) is 97.5 Å². The third-order valence-corrected chi connectivity index (χ3v) is 2.76. The van der Waals surface area contributed by atoms with Gasteiger partial charge in [0.15, 0.2) is 0 Å². The number of amides is 1. The van der Waals surface area contributed by atoms with E-state index in [0.717, 1.165) is 0 Å². The number of carbonyl (C=O) groups is 1. The summed E-state index contributed by atoms with van der Waals surface area (Å²) in [6.45, 7) is 1.59. The van der Waals surface area contributed by atoms with Crippen LogP contribution in [0.4, 0.5) is 5.69 Å². The van der Waals surface area contributed by atoms with Crippen LogP contribution in [-0.2, 0) is 0 Å². The Morgan fingerprint density at radius 2 is 1.90 bits per heavy atom. The Kier molecular flexibility index (Phi) is 4.35. The lowest BCUT2D eigenvalue weighted by Gasteiger charge is -2.03. The van der Waals surface area contributed by atoms with Gasteiger partial charge in [0.2, 0.25) is 0 Å². The zero-order valence-electron chi connectivity index (χ0n) is 11.2. The molecule has 1 aromatic heterocycles. The van der Waals surface area contributed by atoms with E-state index in [0.29, 0.717) is 16.8 Å². The number of nitrogens with zero attached hydrogens (tertiary/aromatic N) is 3. The van der Waals surface area contributed by atoms with Crippen molar-refractivity contribution in [1.82, 2.24) is 10.4 Å². The van der Waals surface area contributed by atoms with Gasteiger partial charge in [-0.1, -0.05) is 12.1 Å². The van der Waals surface area contributed by atoms with Crippen molar-refractivity contribution in [2.24, 2.45) is 5.10 Å². The number of hydrogen-bond acceptors (Lipinski definition) is 5. The molecule has 7 nitrogen and oxygen atoms in total. The molecule has 0 aliphatic carbocycles. The van der Waals surface area contributed by atoms with Gasteiger partial charge in [-0.2, -0.15) is 5.10 Å². The van der Waals surface area contributed by atoms with Crippen molar-refractivity contribution in [3.63, 3.8) is 0 Å². The van der Waals surface area contributed by atoms with Gasteiger partial charge in [-0.25, -0.2) is 5.43 Å². The van der Waals surface area contributed by atoms with Crippen LogP contribution in [0.15, 0.2) is 53.9 Å². The Hall–Kier alpha value is -3.09. The number of hydrogen-bond donors (Lipinski definition) is 1. The molecule has 0 unspecified atom stereocenters. The SMILES string of the molecule is C/C(=N\NC(=O)c1ccncc1)c1ccccc1[N+](=O)[O-]. The van der Waals surface area contributed by atoms with Crippen LogP contribution in [0.25, 0.3) is 0 Å². The number of rotatable bonds is 4. The van der Waals surface area contributed by atoms with E-state index >= 15 is 0 Å². The quantitative estimate of drug-likeness (QED) is 0.528. The Balaban J connectivity index is 2.19. The highest BCUT2D eigenvalue weighted by molar-refractivity contribution is 6.03. The van der Waals surface area contributed by atoms with E-state index < -0.39 is 10.8 Å². The molecule has 1 aromatic carbocycles. The van der Waals surface area contributed by atoms with Crippen LogP contribution in [0.1, 0.15) is 22.8 Å². The lowest BCUT2D eigenvalue weighted by atomic mass is 10.1. The first-order chi connectivity index (χ1) is 10.1. The third kappa shape index (κ3) is 3.47. The maximum absolute atomic E-state index is 11.8. The summed E-state index contributed by atoms with van der Waals surface area (Å²) in [5.41, 5.74) is 3.42. The van der Waals surface area contributed by atoms with Crippen LogP contribution in [-0.4, -0.2) is 21.5 Å². The summed E-state index contributed by atoms with van der Waals surface area (Å²) in [7, 11) is 0. The van der Waals surface area contributed by atoms with Gasteiger partial charge in [0.25, 0.3) is 11.6 Å². The summed E-state index contributed by atoms with van der Waals surface area (Å²) < 4.78 is 0. The minimum Gasteiger partial charge on any atom is -0.267 e. The van der Waals surface area contributed by atoms with E-state index in [9.17, 15) is 14.9 Å². The molecule has 7 heteroatoms. The zero-order chi connectivity index (χ0) is 15.2. The smallest absolute Gasteiger partial charge is 0.267 e. The zero-order valence-corrected chi connectivity index (χ0v) is 11.2. The van der Waals surface area contributed by atoms with Crippen LogP contribution in [0.3, 0.4) is 0 Å². The summed E-state index contributed by atoms with van der Waals surface area (Å²) in [4.78, 5) is 26.1. The molecule has 1 N–H and O–H groups in total. The molecule has 0 spiro atoms. The second-order valence-corrected chi connectivity index (χ2v) is 4.15. The van der Waals surface area contributed by atoms with Gasteiger partial charge >= 0.3 is 0 Å². The largest absolute Gasteiger partial charge is 0.278 e. The van der Waals surface area contributed by atoms with Crippen molar-refractivity contribution in [1.29, 1.82) is 0 Å². The number of hydrazone groups is 1. The van der Waals surface area contributed by atoms with Crippen LogP contribution < -0.4 is 5.43 Å². The third-order valence-electron chi connectivity index (χ3n) is 2.76. The van der Waals surface area contributed by atoms with Gasteiger partial charge in [0.05, 0.1) is 16.2 Å². The molecule has 1 amide bonds. The van der Waals surface area contributed by atoms with E-state index in [1.807, 2.05) is 0 Å². The van der Waals surface area contributed by atoms with Crippen molar-refractivity contribution >= 4 is 17.3 Å². The van der Waals surface area contributed by atoms with E-state index in [1.54, 1.807) is 37.3 Å². The van der Waals surface area contributed by atoms with Crippen LogP contribution in [0, 0.1) is 10.1 Å². The Bertz CT molecular complexity index is 698. The van der Waals surface area contributed by atoms with Crippen LogP contribution >= 0.6 is 0 Å². The standard InChI is InChI=1S/C14H12N4O3/c1-10(12-4-2-3-5-13(12)18(20)21)16-17-14(19)11-6-8-15-9-7-11/h2-9H,1H3,(H,17,19)/b16-10+. The second kappa shape index (κ2) is 6.38. The molecule has 2 rings (SSSR count). The molecule has 0 bridgehead atoms. The molecule has 1 heterocycles. The van der Waals surface area contributed by atoms with Gasteiger partial charge in [0, 0.05) is 24.0 Å². The van der Waals surface area contributed by atoms with Crippen molar-refractivity contribution < 1.29 is 9.72 Å². The minimum atomic E-state index is -0.487. The first kappa shape index (κ1) is 14.3. The molecule has 2 aromatic rings. The highest BCUT2D eigenvalue weighted by Crippen LogP contribution is 2.18. The Morgan fingerprint density at radius 3 is 2.57 bits per heavy atom. The van der Waals surface area contributed by atoms with E-state index in [2.05, 4.69) is 15.5 Å². The lowest BCUT2D eigenvalue weighted by Crippen LogP contribution is -2.19. The predicted octanol–water partition coefficient (Wildman–Crippen LogP) is 2.14. The molecule has 21 heavy (non-hydrogen) atoms. The summed E-state index contributed by atoms with van der Waals surface area (Å²) >= 11 is 0. The molecule has 0 saturated heterocycles. The predicted molar refractivity (Wildman–Crippen MR) is 77.0 cm³/mol. The number of aromatic nitrogens is 1. The number of benzene rings is 1. The molecular formula is C14H12N4O3. The van der Waals surface area contributed by atoms with Gasteiger partial charge in [-0.15, -0.1) is 0 Å². The molecular weight excluding hydrogens is 272 g/mol. The summed E-state index contributed by atoms with van der Waals surface area (Å²) in [5.74, 6) is -0.407. The van der Waals surface area contributed by atoms with Gasteiger partial charge < -0.3 is 0 Å². The van der Waals surface area contributed by atoms with E-state index in [-0.39, 0.29) is 5.69 Å². The number of carbonyl (C=O) groups excluding carboxylic acids is 1. The molecule has 0 atom stereocenters. The van der Waals surface area contributed by atoms with Gasteiger partial charge in [0.1, 0.15) is 0 Å². The van der Waals surface area contributed by atoms with Crippen LogP contribution in [0.5, 0.6) is 0 Å². The molecule has 106 valence electrons. The average Bonchev–Trinajstić information content (AvgIpc) is 2.53. The molecule has 0 radical (unpaired) electrons. The van der Waals surface area contributed by atoms with Crippen molar-refractivity contribution in [3.8, 4) is 0 Å². The molecule has 0 aliphatic rings. The molecule has 0 fully saturated rings. The molecule has 0 aliphatic heterocycles. The fourth-order valence-electron chi connectivity index (χ4n) is 1.70. The monoisotopic (exact) mass is 284 g/mol. The van der Waals surface area contributed by atoms with E-state index in [1.165, 1.54) is 18.5 Å². The maximum atomic E-state index is 11.8.